The first kappa shape index (κ1) is 11.0. The first-order valence-electron chi connectivity index (χ1n) is 4.97. The second-order valence-corrected chi connectivity index (χ2v) is 5.56. The molecule has 1 N–H and O–H groups in total. The Bertz CT molecular complexity index is 379. The van der Waals surface area contributed by atoms with Crippen molar-refractivity contribution in [3.63, 3.8) is 0 Å². The number of aliphatic imine (C=N–C) groups is 1. The zero-order valence-electron chi connectivity index (χ0n) is 8.53. The zero-order valence-corrected chi connectivity index (χ0v) is 10.9. The molecule has 15 heavy (non-hydrogen) atoms. The number of hydrogen-bond donors (Lipinski definition) is 1. The van der Waals surface area contributed by atoms with Crippen molar-refractivity contribution >= 4 is 38.5 Å². The quantitative estimate of drug-likeness (QED) is 0.850. The van der Waals surface area contributed by atoms with Gasteiger partial charge in [0.1, 0.15) is 0 Å². The van der Waals surface area contributed by atoms with Crippen molar-refractivity contribution in [3.05, 3.63) is 28.7 Å². The number of hydrogen-bond acceptors (Lipinski definition) is 3. The summed E-state index contributed by atoms with van der Waals surface area (Å²) in [6.07, 6.45) is 1.17. The van der Waals surface area contributed by atoms with Crippen molar-refractivity contribution in [2.75, 3.05) is 11.1 Å². The summed E-state index contributed by atoms with van der Waals surface area (Å²) in [5.41, 5.74) is 1.09. The van der Waals surface area contributed by atoms with Gasteiger partial charge in [-0.25, -0.2) is 0 Å². The molecule has 1 atom stereocenters. The van der Waals surface area contributed by atoms with E-state index < -0.39 is 0 Å². The number of thioether (sulfide) groups is 1. The summed E-state index contributed by atoms with van der Waals surface area (Å²) in [6, 6.07) is 8.59. The van der Waals surface area contributed by atoms with E-state index in [4.69, 9.17) is 0 Å². The van der Waals surface area contributed by atoms with Crippen molar-refractivity contribution in [2.45, 2.75) is 19.4 Å². The van der Waals surface area contributed by atoms with E-state index in [2.05, 4.69) is 39.2 Å². The second-order valence-electron chi connectivity index (χ2n) is 3.56. The summed E-state index contributed by atoms with van der Waals surface area (Å²) in [4.78, 5) is 4.56. The van der Waals surface area contributed by atoms with Gasteiger partial charge in [0, 0.05) is 15.9 Å². The summed E-state index contributed by atoms with van der Waals surface area (Å²) in [5.74, 6) is 1.15. The van der Waals surface area contributed by atoms with Gasteiger partial charge in [-0.15, -0.1) is 0 Å². The minimum atomic E-state index is 0.445. The molecule has 1 heterocycles. The lowest BCUT2D eigenvalue weighted by atomic mass is 10.3. The first-order chi connectivity index (χ1) is 7.24. The van der Waals surface area contributed by atoms with Crippen LogP contribution in [0.15, 0.2) is 33.7 Å². The fourth-order valence-corrected chi connectivity index (χ4v) is 2.88. The molecule has 2 nitrogen and oxygen atoms in total. The van der Waals surface area contributed by atoms with Crippen LogP contribution in [-0.2, 0) is 0 Å². The molecule has 0 saturated carbocycles. The fraction of sp³-hybridized carbons (Fsp3) is 0.364. The molecule has 80 valence electrons. The Hall–Kier alpha value is -0.480. The predicted octanol–water partition coefficient (Wildman–Crippen LogP) is 3.74. The number of nitrogens with zero attached hydrogens (tertiary/aromatic N) is 1. The summed E-state index contributed by atoms with van der Waals surface area (Å²) in [7, 11) is 0. The van der Waals surface area contributed by atoms with Gasteiger partial charge in [-0.3, -0.25) is 4.99 Å². The van der Waals surface area contributed by atoms with Crippen molar-refractivity contribution in [1.82, 2.24) is 0 Å². The van der Waals surface area contributed by atoms with Crippen LogP contribution in [0.5, 0.6) is 0 Å². The lowest BCUT2D eigenvalue weighted by molar-refractivity contribution is 0.720. The van der Waals surface area contributed by atoms with E-state index in [1.165, 1.54) is 6.42 Å². The molecule has 1 aromatic carbocycles. The Labute approximate surface area is 103 Å². The van der Waals surface area contributed by atoms with Gasteiger partial charge in [-0.05, 0) is 31.5 Å². The molecule has 1 aromatic rings. The average molecular weight is 285 g/mol. The summed E-state index contributed by atoms with van der Waals surface area (Å²) < 4.78 is 1.09. The Kier molecular flexibility index (Phi) is 3.70. The highest BCUT2D eigenvalue weighted by Crippen LogP contribution is 2.21. The van der Waals surface area contributed by atoms with Crippen LogP contribution in [0.1, 0.15) is 13.3 Å². The number of halogens is 1. The number of anilines is 1. The van der Waals surface area contributed by atoms with Gasteiger partial charge >= 0.3 is 0 Å². The Morgan fingerprint density at radius 1 is 1.53 bits per heavy atom. The van der Waals surface area contributed by atoms with Gasteiger partial charge < -0.3 is 5.32 Å². The van der Waals surface area contributed by atoms with Crippen LogP contribution in [0.25, 0.3) is 0 Å². The van der Waals surface area contributed by atoms with Gasteiger partial charge in [0.05, 0.1) is 6.04 Å². The van der Waals surface area contributed by atoms with Crippen LogP contribution in [0, 0.1) is 0 Å². The van der Waals surface area contributed by atoms with E-state index in [9.17, 15) is 0 Å². The maximum atomic E-state index is 4.56. The molecule has 0 spiro atoms. The van der Waals surface area contributed by atoms with Crippen molar-refractivity contribution in [3.8, 4) is 0 Å². The van der Waals surface area contributed by atoms with E-state index in [-0.39, 0.29) is 0 Å². The lowest BCUT2D eigenvalue weighted by Gasteiger charge is -2.17. The number of amidine groups is 1. The highest BCUT2D eigenvalue weighted by atomic mass is 79.9. The van der Waals surface area contributed by atoms with Gasteiger partial charge in [-0.2, -0.15) is 0 Å². The molecule has 0 aromatic heterocycles. The third kappa shape index (κ3) is 3.24. The number of nitrogens with one attached hydrogen (secondary N) is 1. The minimum absolute atomic E-state index is 0.445. The van der Waals surface area contributed by atoms with E-state index >= 15 is 0 Å². The summed E-state index contributed by atoms with van der Waals surface area (Å²) in [6.45, 7) is 2.16. The molecule has 4 heteroatoms. The van der Waals surface area contributed by atoms with Crippen LogP contribution in [0.2, 0.25) is 0 Å². The first-order valence-corrected chi connectivity index (χ1v) is 6.75. The van der Waals surface area contributed by atoms with E-state index in [0.29, 0.717) is 6.04 Å². The van der Waals surface area contributed by atoms with Gasteiger partial charge in [-0.1, -0.05) is 33.8 Å². The molecular weight excluding hydrogens is 272 g/mol. The molecule has 0 saturated heterocycles. The summed E-state index contributed by atoms with van der Waals surface area (Å²) >= 11 is 5.24. The Morgan fingerprint density at radius 2 is 2.40 bits per heavy atom. The molecular formula is C11H13BrN2S. The Morgan fingerprint density at radius 3 is 3.13 bits per heavy atom. The van der Waals surface area contributed by atoms with Crippen LogP contribution in [-0.4, -0.2) is 17.0 Å². The Balaban J connectivity index is 2.08. The smallest absolute Gasteiger partial charge is 0.161 e. The normalized spacial score (nSPS) is 20.9. The molecule has 0 radical (unpaired) electrons. The number of rotatable bonds is 1. The monoisotopic (exact) mass is 284 g/mol. The van der Waals surface area contributed by atoms with Gasteiger partial charge in [0.2, 0.25) is 0 Å². The van der Waals surface area contributed by atoms with Gasteiger partial charge in [0.25, 0.3) is 0 Å². The molecule has 0 bridgehead atoms. The van der Waals surface area contributed by atoms with Crippen LogP contribution in [0.3, 0.4) is 0 Å². The van der Waals surface area contributed by atoms with Crippen LogP contribution < -0.4 is 5.32 Å². The van der Waals surface area contributed by atoms with Crippen molar-refractivity contribution < 1.29 is 0 Å². The molecule has 0 fully saturated rings. The standard InChI is InChI=1S/C11H13BrN2S/c1-8-5-6-15-11(13-8)14-10-4-2-3-9(12)7-10/h2-4,7-8H,5-6H2,1H3,(H,13,14). The van der Waals surface area contributed by atoms with E-state index in [1.807, 2.05) is 18.2 Å². The number of benzene rings is 1. The van der Waals surface area contributed by atoms with E-state index in [0.717, 1.165) is 21.1 Å². The van der Waals surface area contributed by atoms with Gasteiger partial charge in [0.15, 0.2) is 5.17 Å². The molecule has 1 aliphatic rings. The molecule has 2 rings (SSSR count). The van der Waals surface area contributed by atoms with Crippen LogP contribution in [0.4, 0.5) is 5.69 Å². The zero-order chi connectivity index (χ0) is 10.7. The minimum Gasteiger partial charge on any atom is -0.335 e. The molecule has 1 aliphatic heterocycles. The predicted molar refractivity (Wildman–Crippen MR) is 71.7 cm³/mol. The summed E-state index contributed by atoms with van der Waals surface area (Å²) in [5, 5.41) is 4.37. The maximum absolute atomic E-state index is 4.56. The molecule has 0 amide bonds. The second kappa shape index (κ2) is 5.03. The lowest BCUT2D eigenvalue weighted by Crippen LogP contribution is -2.17. The largest absolute Gasteiger partial charge is 0.335 e. The molecule has 0 aliphatic carbocycles. The topological polar surface area (TPSA) is 24.4 Å². The van der Waals surface area contributed by atoms with Crippen molar-refractivity contribution in [2.24, 2.45) is 4.99 Å². The third-order valence-corrected chi connectivity index (χ3v) is 3.60. The maximum Gasteiger partial charge on any atom is 0.161 e. The average Bonchev–Trinajstić information content (AvgIpc) is 2.17. The van der Waals surface area contributed by atoms with Crippen LogP contribution >= 0.6 is 27.7 Å². The third-order valence-electron chi connectivity index (χ3n) is 2.19. The van der Waals surface area contributed by atoms with E-state index in [1.54, 1.807) is 11.8 Å². The SMILES string of the molecule is CC1CCSC(Nc2cccc(Br)c2)=N1. The highest BCUT2D eigenvalue weighted by molar-refractivity contribution is 9.10. The molecule has 1 unspecified atom stereocenters. The highest BCUT2D eigenvalue weighted by Gasteiger charge is 2.11. The fourth-order valence-electron chi connectivity index (χ4n) is 1.39. The van der Waals surface area contributed by atoms with Crippen molar-refractivity contribution in [1.29, 1.82) is 0 Å².